The molecule has 0 radical (unpaired) electrons. The number of aromatic nitrogens is 2. The maximum atomic E-state index is 5.46. The number of anilines is 1. The molecule has 6 heteroatoms. The molecule has 1 aromatic carbocycles. The molecule has 0 aliphatic rings. The van der Waals surface area contributed by atoms with Crippen LogP contribution in [-0.4, -0.2) is 24.2 Å². The number of methoxy groups -OCH3 is 2. The van der Waals surface area contributed by atoms with Crippen LogP contribution in [0.25, 0.3) is 11.0 Å². The highest BCUT2D eigenvalue weighted by Crippen LogP contribution is 2.26. The normalized spacial score (nSPS) is 10.7. The molecular weight excluding hydrogens is 429 g/mol. The molecule has 0 spiro atoms. The largest absolute Gasteiger partial charge is 0.497 e. The number of aryl methyl sites for hydroxylation is 1. The zero-order chi connectivity index (χ0) is 17.8. The fourth-order valence-corrected chi connectivity index (χ4v) is 3.03. The fourth-order valence-electron chi connectivity index (χ4n) is 2.62. The van der Waals surface area contributed by atoms with Crippen LogP contribution in [0.1, 0.15) is 16.7 Å². The van der Waals surface area contributed by atoms with E-state index in [1.807, 2.05) is 31.3 Å². The third kappa shape index (κ3) is 3.95. The summed E-state index contributed by atoms with van der Waals surface area (Å²) in [6.07, 6.45) is 1.91. The number of rotatable bonds is 6. The fraction of sp³-hybridized carbons (Fsp3) is 0.263. The van der Waals surface area contributed by atoms with Crippen LogP contribution in [0.4, 0.5) is 5.82 Å². The van der Waals surface area contributed by atoms with Crippen LogP contribution < -0.4 is 14.8 Å². The Kier molecular flexibility index (Phi) is 5.57. The summed E-state index contributed by atoms with van der Waals surface area (Å²) in [5.41, 5.74) is 5.10. The van der Waals surface area contributed by atoms with Crippen molar-refractivity contribution in [3.05, 3.63) is 53.2 Å². The van der Waals surface area contributed by atoms with E-state index in [0.717, 1.165) is 43.9 Å². The SMILES string of the molecule is COc1ccc(CNc2nc3cc(CI)cnc3cc2C)c(OC)c1. The number of nitrogens with zero attached hydrogens (tertiary/aromatic N) is 2. The minimum atomic E-state index is 0.617. The lowest BCUT2D eigenvalue weighted by molar-refractivity contribution is 0.391. The first-order valence-corrected chi connectivity index (χ1v) is 9.44. The lowest BCUT2D eigenvalue weighted by Crippen LogP contribution is -2.05. The molecule has 0 amide bonds. The van der Waals surface area contributed by atoms with Crippen LogP contribution in [0.2, 0.25) is 0 Å². The lowest BCUT2D eigenvalue weighted by Gasteiger charge is -2.13. The van der Waals surface area contributed by atoms with Crippen molar-refractivity contribution in [3.63, 3.8) is 0 Å². The Bertz CT molecular complexity index is 899. The Balaban J connectivity index is 1.86. The molecule has 0 aliphatic heterocycles. The number of benzene rings is 1. The van der Waals surface area contributed by atoms with Gasteiger partial charge in [-0.25, -0.2) is 4.98 Å². The molecule has 5 nitrogen and oxygen atoms in total. The lowest BCUT2D eigenvalue weighted by atomic mass is 10.1. The molecule has 3 rings (SSSR count). The Morgan fingerprint density at radius 1 is 1.08 bits per heavy atom. The van der Waals surface area contributed by atoms with Gasteiger partial charge in [0.1, 0.15) is 17.3 Å². The van der Waals surface area contributed by atoms with Gasteiger partial charge in [-0.1, -0.05) is 22.6 Å². The molecule has 0 bridgehead atoms. The first-order valence-electron chi connectivity index (χ1n) is 7.91. The van der Waals surface area contributed by atoms with Gasteiger partial charge in [0.15, 0.2) is 0 Å². The van der Waals surface area contributed by atoms with Crippen LogP contribution in [0, 0.1) is 6.92 Å². The number of alkyl halides is 1. The van der Waals surface area contributed by atoms with E-state index in [4.69, 9.17) is 14.5 Å². The highest BCUT2D eigenvalue weighted by atomic mass is 127. The van der Waals surface area contributed by atoms with Crippen LogP contribution in [0.15, 0.2) is 36.5 Å². The molecule has 1 N–H and O–H groups in total. The average Bonchev–Trinajstić information content (AvgIpc) is 2.65. The highest BCUT2D eigenvalue weighted by Gasteiger charge is 2.08. The standard InChI is InChI=1S/C19H20IN3O2/c1-12-6-16-17(7-13(9-20)10-21-16)23-19(12)22-11-14-4-5-15(24-2)8-18(14)25-3/h4-8,10H,9,11H2,1-3H3,(H,22,23). The van der Waals surface area contributed by atoms with Crippen molar-refractivity contribution in [1.82, 2.24) is 9.97 Å². The predicted molar refractivity (Wildman–Crippen MR) is 109 cm³/mol. The van der Waals surface area contributed by atoms with Crippen molar-refractivity contribution in [3.8, 4) is 11.5 Å². The molecule has 2 aromatic heterocycles. The second kappa shape index (κ2) is 7.86. The molecule has 0 fully saturated rings. The van der Waals surface area contributed by atoms with Crippen molar-refractivity contribution in [1.29, 1.82) is 0 Å². The second-order valence-electron chi connectivity index (χ2n) is 5.70. The van der Waals surface area contributed by atoms with Crippen LogP contribution in [-0.2, 0) is 11.0 Å². The van der Waals surface area contributed by atoms with Gasteiger partial charge in [-0.2, -0.15) is 0 Å². The maximum Gasteiger partial charge on any atom is 0.130 e. The van der Waals surface area contributed by atoms with Crippen molar-refractivity contribution >= 4 is 39.4 Å². The summed E-state index contributed by atoms with van der Waals surface area (Å²) in [7, 11) is 3.31. The summed E-state index contributed by atoms with van der Waals surface area (Å²) < 4.78 is 11.6. The maximum absolute atomic E-state index is 5.46. The topological polar surface area (TPSA) is 56.3 Å². The molecule has 0 saturated heterocycles. The summed E-state index contributed by atoms with van der Waals surface area (Å²) in [4.78, 5) is 9.23. The number of halogens is 1. The number of ether oxygens (including phenoxy) is 2. The highest BCUT2D eigenvalue weighted by molar-refractivity contribution is 14.1. The van der Waals surface area contributed by atoms with Gasteiger partial charge in [-0.15, -0.1) is 0 Å². The Labute approximate surface area is 160 Å². The number of nitrogens with one attached hydrogen (secondary N) is 1. The Morgan fingerprint density at radius 2 is 1.92 bits per heavy atom. The van der Waals surface area contributed by atoms with Gasteiger partial charge >= 0.3 is 0 Å². The summed E-state index contributed by atoms with van der Waals surface area (Å²) in [5, 5.41) is 3.41. The number of hydrogen-bond donors (Lipinski definition) is 1. The Hall–Kier alpha value is -2.09. The molecular formula is C19H20IN3O2. The second-order valence-corrected chi connectivity index (χ2v) is 6.46. The average molecular weight is 449 g/mol. The molecule has 0 saturated carbocycles. The van der Waals surface area contributed by atoms with E-state index in [-0.39, 0.29) is 0 Å². The summed E-state index contributed by atoms with van der Waals surface area (Å²) in [5.74, 6) is 2.43. The first-order chi connectivity index (χ1) is 12.1. The van der Waals surface area contributed by atoms with Crippen molar-refractivity contribution < 1.29 is 9.47 Å². The zero-order valence-corrected chi connectivity index (χ0v) is 16.6. The van der Waals surface area contributed by atoms with Gasteiger partial charge < -0.3 is 14.8 Å². The molecule has 2 heterocycles. The van der Waals surface area contributed by atoms with E-state index in [1.165, 1.54) is 5.56 Å². The summed E-state index contributed by atoms with van der Waals surface area (Å²) in [6.45, 7) is 2.65. The van der Waals surface area contributed by atoms with E-state index < -0.39 is 0 Å². The first kappa shape index (κ1) is 17.7. The van der Waals surface area contributed by atoms with Crippen molar-refractivity contribution in [2.45, 2.75) is 17.9 Å². The van der Waals surface area contributed by atoms with Crippen LogP contribution in [0.3, 0.4) is 0 Å². The van der Waals surface area contributed by atoms with Gasteiger partial charge in [-0.3, -0.25) is 4.98 Å². The van der Waals surface area contributed by atoms with E-state index in [9.17, 15) is 0 Å². The van der Waals surface area contributed by atoms with E-state index >= 15 is 0 Å². The minimum absolute atomic E-state index is 0.617. The van der Waals surface area contributed by atoms with Crippen molar-refractivity contribution in [2.24, 2.45) is 0 Å². The van der Waals surface area contributed by atoms with Crippen LogP contribution in [0.5, 0.6) is 11.5 Å². The molecule has 0 aliphatic carbocycles. The smallest absolute Gasteiger partial charge is 0.130 e. The molecule has 3 aromatic rings. The molecule has 25 heavy (non-hydrogen) atoms. The quantitative estimate of drug-likeness (QED) is 0.444. The molecule has 0 unspecified atom stereocenters. The third-order valence-electron chi connectivity index (χ3n) is 4.01. The zero-order valence-electron chi connectivity index (χ0n) is 14.5. The van der Waals surface area contributed by atoms with Crippen LogP contribution >= 0.6 is 22.6 Å². The minimum Gasteiger partial charge on any atom is -0.497 e. The summed E-state index contributed by atoms with van der Waals surface area (Å²) >= 11 is 2.33. The third-order valence-corrected chi connectivity index (χ3v) is 4.89. The van der Waals surface area contributed by atoms with Gasteiger partial charge in [-0.05, 0) is 42.3 Å². The molecule has 130 valence electrons. The number of fused-ring (bicyclic) bond motifs is 1. The summed E-state index contributed by atoms with van der Waals surface area (Å²) in [6, 6.07) is 9.96. The number of pyridine rings is 2. The number of hydrogen-bond acceptors (Lipinski definition) is 5. The Morgan fingerprint density at radius 3 is 2.64 bits per heavy atom. The van der Waals surface area contributed by atoms with E-state index in [1.54, 1.807) is 14.2 Å². The van der Waals surface area contributed by atoms with Gasteiger partial charge in [0.05, 0.1) is 25.3 Å². The van der Waals surface area contributed by atoms with Crippen molar-refractivity contribution in [2.75, 3.05) is 19.5 Å². The van der Waals surface area contributed by atoms with Gasteiger partial charge in [0, 0.05) is 28.8 Å². The van der Waals surface area contributed by atoms with Gasteiger partial charge in [0.25, 0.3) is 0 Å². The van der Waals surface area contributed by atoms with E-state index in [2.05, 4.69) is 45.0 Å². The predicted octanol–water partition coefficient (Wildman–Crippen LogP) is 4.50. The monoisotopic (exact) mass is 449 g/mol. The van der Waals surface area contributed by atoms with E-state index in [0.29, 0.717) is 6.54 Å². The van der Waals surface area contributed by atoms with Gasteiger partial charge in [0.2, 0.25) is 0 Å². The molecule has 0 atom stereocenters.